The minimum Gasteiger partial charge on any atom is -0.507 e. The number of unbranched alkanes of at least 4 members (excludes halogenated alkanes) is 1. The predicted octanol–water partition coefficient (Wildman–Crippen LogP) is 5.25. The number of aromatic hydroxyl groups is 2. The highest BCUT2D eigenvalue weighted by molar-refractivity contribution is 14.1. The van der Waals surface area contributed by atoms with Gasteiger partial charge in [0, 0.05) is 6.42 Å². The van der Waals surface area contributed by atoms with Crippen molar-refractivity contribution in [1.29, 1.82) is 0 Å². The fourth-order valence-corrected chi connectivity index (χ4v) is 3.61. The summed E-state index contributed by atoms with van der Waals surface area (Å²) in [4.78, 5) is 0. The SMILES string of the molecule is CCCCc1cc(C)cc(Cc2cc(C)cc(I)c2O)c1O. The molecule has 2 nitrogen and oxygen atoms in total. The summed E-state index contributed by atoms with van der Waals surface area (Å²) in [6.45, 7) is 6.23. The number of hydrogen-bond acceptors (Lipinski definition) is 2. The van der Waals surface area contributed by atoms with Gasteiger partial charge in [0.05, 0.1) is 3.57 Å². The van der Waals surface area contributed by atoms with Crippen LogP contribution in [0.5, 0.6) is 11.5 Å². The summed E-state index contributed by atoms with van der Waals surface area (Å²) >= 11 is 2.15. The lowest BCUT2D eigenvalue weighted by molar-refractivity contribution is 0.456. The van der Waals surface area contributed by atoms with Crippen molar-refractivity contribution in [2.45, 2.75) is 46.5 Å². The average Bonchev–Trinajstić information content (AvgIpc) is 2.46. The van der Waals surface area contributed by atoms with Crippen molar-refractivity contribution < 1.29 is 10.2 Å². The maximum absolute atomic E-state index is 10.5. The van der Waals surface area contributed by atoms with Crippen LogP contribution < -0.4 is 0 Å². The van der Waals surface area contributed by atoms with Crippen molar-refractivity contribution in [3.05, 3.63) is 55.7 Å². The molecule has 0 spiro atoms. The number of phenolic OH excluding ortho intramolecular Hbond substituents is 2. The third-order valence-electron chi connectivity index (χ3n) is 3.88. The first-order chi connectivity index (χ1) is 10.4. The van der Waals surface area contributed by atoms with Crippen molar-refractivity contribution in [3.63, 3.8) is 0 Å². The monoisotopic (exact) mass is 410 g/mol. The smallest absolute Gasteiger partial charge is 0.132 e. The molecule has 0 bridgehead atoms. The van der Waals surface area contributed by atoms with Crippen LogP contribution >= 0.6 is 22.6 Å². The van der Waals surface area contributed by atoms with Gasteiger partial charge < -0.3 is 10.2 Å². The van der Waals surface area contributed by atoms with Gasteiger partial charge in [-0.15, -0.1) is 0 Å². The molecule has 0 aliphatic rings. The van der Waals surface area contributed by atoms with E-state index < -0.39 is 0 Å². The van der Waals surface area contributed by atoms with E-state index >= 15 is 0 Å². The highest BCUT2D eigenvalue weighted by Crippen LogP contribution is 2.32. The van der Waals surface area contributed by atoms with E-state index in [1.165, 1.54) is 0 Å². The van der Waals surface area contributed by atoms with Crippen molar-refractivity contribution in [1.82, 2.24) is 0 Å². The summed E-state index contributed by atoms with van der Waals surface area (Å²) in [7, 11) is 0. The van der Waals surface area contributed by atoms with E-state index in [2.05, 4.69) is 42.5 Å². The third kappa shape index (κ3) is 3.94. The Hall–Kier alpha value is -1.23. The normalized spacial score (nSPS) is 10.9. The number of hydrogen-bond donors (Lipinski definition) is 2. The van der Waals surface area contributed by atoms with Crippen LogP contribution in [0.25, 0.3) is 0 Å². The number of benzene rings is 2. The minimum absolute atomic E-state index is 0.321. The molecule has 0 fully saturated rings. The minimum atomic E-state index is 0.321. The van der Waals surface area contributed by atoms with Crippen molar-refractivity contribution >= 4 is 22.6 Å². The quantitative estimate of drug-likeness (QED) is 0.661. The molecule has 2 rings (SSSR count). The van der Waals surface area contributed by atoms with Gasteiger partial charge in [0.2, 0.25) is 0 Å². The van der Waals surface area contributed by atoms with Crippen LogP contribution in [-0.4, -0.2) is 10.2 Å². The standard InChI is InChI=1S/C19H23IO2/c1-4-5-6-14-7-12(2)8-15(18(14)21)11-16-9-13(3)10-17(20)19(16)22/h7-10,21-22H,4-6,11H2,1-3H3. The Morgan fingerprint density at radius 1 is 0.864 bits per heavy atom. The fraction of sp³-hybridized carbons (Fsp3) is 0.368. The van der Waals surface area contributed by atoms with Gasteiger partial charge in [-0.1, -0.05) is 37.1 Å². The van der Waals surface area contributed by atoms with Crippen LogP contribution in [0.15, 0.2) is 24.3 Å². The Labute approximate surface area is 146 Å². The largest absolute Gasteiger partial charge is 0.507 e. The maximum Gasteiger partial charge on any atom is 0.132 e. The molecule has 0 heterocycles. The lowest BCUT2D eigenvalue weighted by Gasteiger charge is -2.13. The molecular weight excluding hydrogens is 387 g/mol. The summed E-state index contributed by atoms with van der Waals surface area (Å²) in [5.74, 6) is 0.706. The zero-order chi connectivity index (χ0) is 16.3. The number of phenols is 2. The molecule has 2 N–H and O–H groups in total. The third-order valence-corrected chi connectivity index (χ3v) is 4.70. The Morgan fingerprint density at radius 3 is 2.05 bits per heavy atom. The van der Waals surface area contributed by atoms with E-state index in [9.17, 15) is 10.2 Å². The first kappa shape index (κ1) is 17.1. The van der Waals surface area contributed by atoms with E-state index in [-0.39, 0.29) is 0 Å². The van der Waals surface area contributed by atoms with E-state index in [0.29, 0.717) is 17.9 Å². The number of aryl methyl sites for hydroxylation is 3. The highest BCUT2D eigenvalue weighted by atomic mass is 127. The second-order valence-corrected chi connectivity index (χ2v) is 7.13. The topological polar surface area (TPSA) is 40.5 Å². The fourth-order valence-electron chi connectivity index (χ4n) is 2.77. The number of rotatable bonds is 5. The van der Waals surface area contributed by atoms with Gasteiger partial charge in [-0.2, -0.15) is 0 Å². The van der Waals surface area contributed by atoms with Crippen molar-refractivity contribution in [3.8, 4) is 11.5 Å². The summed E-state index contributed by atoms with van der Waals surface area (Å²) in [5, 5.41) is 20.8. The molecule has 2 aromatic rings. The van der Waals surface area contributed by atoms with Crippen LogP contribution in [0.1, 0.15) is 47.6 Å². The van der Waals surface area contributed by atoms with Crippen LogP contribution in [0.4, 0.5) is 0 Å². The molecule has 0 saturated carbocycles. The summed E-state index contributed by atoms with van der Waals surface area (Å²) in [6, 6.07) is 8.03. The highest BCUT2D eigenvalue weighted by Gasteiger charge is 2.13. The molecule has 118 valence electrons. The first-order valence-corrected chi connectivity index (χ1v) is 8.79. The van der Waals surface area contributed by atoms with E-state index in [1.807, 2.05) is 25.1 Å². The molecule has 0 aliphatic heterocycles. The van der Waals surface area contributed by atoms with Crippen LogP contribution in [0, 0.1) is 17.4 Å². The zero-order valence-electron chi connectivity index (χ0n) is 13.4. The van der Waals surface area contributed by atoms with Crippen LogP contribution in [0.3, 0.4) is 0 Å². The van der Waals surface area contributed by atoms with Gasteiger partial charge in [0.25, 0.3) is 0 Å². The Bertz CT molecular complexity index is 678. The molecule has 0 radical (unpaired) electrons. The summed E-state index contributed by atoms with van der Waals surface area (Å²) in [6.07, 6.45) is 3.63. The summed E-state index contributed by atoms with van der Waals surface area (Å²) < 4.78 is 0.853. The van der Waals surface area contributed by atoms with Crippen LogP contribution in [0.2, 0.25) is 0 Å². The van der Waals surface area contributed by atoms with E-state index in [1.54, 1.807) is 0 Å². The van der Waals surface area contributed by atoms with Crippen molar-refractivity contribution in [2.75, 3.05) is 0 Å². The molecule has 0 saturated heterocycles. The molecule has 3 heteroatoms. The zero-order valence-corrected chi connectivity index (χ0v) is 15.6. The van der Waals surface area contributed by atoms with Gasteiger partial charge in [-0.3, -0.25) is 0 Å². The molecule has 22 heavy (non-hydrogen) atoms. The van der Waals surface area contributed by atoms with Gasteiger partial charge in [0.15, 0.2) is 0 Å². The van der Waals surface area contributed by atoms with Crippen molar-refractivity contribution in [2.24, 2.45) is 0 Å². The molecule has 0 unspecified atom stereocenters. The lowest BCUT2D eigenvalue weighted by atomic mass is 9.95. The molecule has 2 aromatic carbocycles. The molecule has 0 atom stereocenters. The lowest BCUT2D eigenvalue weighted by Crippen LogP contribution is -1.97. The predicted molar refractivity (Wildman–Crippen MR) is 99.8 cm³/mol. The first-order valence-electron chi connectivity index (χ1n) is 7.71. The van der Waals surface area contributed by atoms with Gasteiger partial charge in [0.1, 0.15) is 11.5 Å². The average molecular weight is 410 g/mol. The molecule has 0 amide bonds. The van der Waals surface area contributed by atoms with Gasteiger partial charge in [-0.05, 0) is 77.6 Å². The molecular formula is C19H23IO2. The van der Waals surface area contributed by atoms with Crippen LogP contribution in [-0.2, 0) is 12.8 Å². The Morgan fingerprint density at radius 2 is 1.41 bits per heavy atom. The van der Waals surface area contributed by atoms with Gasteiger partial charge in [-0.25, -0.2) is 0 Å². The second kappa shape index (κ2) is 7.36. The summed E-state index contributed by atoms with van der Waals surface area (Å²) in [5.41, 5.74) is 5.05. The second-order valence-electron chi connectivity index (χ2n) is 5.97. The maximum atomic E-state index is 10.5. The number of halogens is 1. The molecule has 0 aliphatic carbocycles. The molecule has 0 aromatic heterocycles. The Balaban J connectivity index is 2.39. The van der Waals surface area contributed by atoms with E-state index in [4.69, 9.17) is 0 Å². The van der Waals surface area contributed by atoms with E-state index in [0.717, 1.165) is 50.6 Å². The van der Waals surface area contributed by atoms with Gasteiger partial charge >= 0.3 is 0 Å². The Kier molecular flexibility index (Phi) is 5.73.